The average Bonchev–Trinajstić information content (AvgIpc) is 2.75. The molecule has 3 rings (SSSR count). The molecule has 82 valence electrons. The van der Waals surface area contributed by atoms with Gasteiger partial charge in [0.25, 0.3) is 0 Å². The highest BCUT2D eigenvalue weighted by molar-refractivity contribution is 7.16. The van der Waals surface area contributed by atoms with Crippen molar-refractivity contribution in [3.63, 3.8) is 0 Å². The molecule has 4 heteroatoms. The molecule has 1 aliphatic heterocycles. The molecule has 2 nitrogen and oxygen atoms in total. The molecule has 2 heterocycles. The van der Waals surface area contributed by atoms with E-state index in [0.717, 1.165) is 27.2 Å². The third-order valence-corrected chi connectivity index (χ3v) is 3.87. The van der Waals surface area contributed by atoms with Crippen LogP contribution in [-0.4, -0.2) is 6.54 Å². The Balaban J connectivity index is 1.88. The van der Waals surface area contributed by atoms with Crippen LogP contribution in [0, 0.1) is 0 Å². The van der Waals surface area contributed by atoms with E-state index in [-0.39, 0.29) is 6.10 Å². The molecule has 1 N–H and O–H groups in total. The molecule has 1 unspecified atom stereocenters. The summed E-state index contributed by atoms with van der Waals surface area (Å²) in [5.41, 5.74) is 1.06. The molecule has 0 radical (unpaired) electrons. The number of nitrogens with one attached hydrogen (secondary N) is 1. The minimum atomic E-state index is 0.0624. The molecule has 0 aliphatic carbocycles. The zero-order chi connectivity index (χ0) is 11.0. The fourth-order valence-corrected chi connectivity index (χ4v) is 2.86. The number of hydrogen-bond donors (Lipinski definition) is 1. The number of rotatable bonds is 1. The van der Waals surface area contributed by atoms with Gasteiger partial charge in [0, 0.05) is 4.88 Å². The molecular weight excluding hydrogens is 242 g/mol. The van der Waals surface area contributed by atoms with E-state index in [0.29, 0.717) is 0 Å². The predicted octanol–water partition coefficient (Wildman–Crippen LogP) is 3.95. The van der Waals surface area contributed by atoms with Gasteiger partial charge < -0.3 is 10.1 Å². The molecule has 16 heavy (non-hydrogen) atoms. The van der Waals surface area contributed by atoms with E-state index in [9.17, 15) is 0 Å². The second-order valence-corrected chi connectivity index (χ2v) is 5.37. The minimum Gasteiger partial charge on any atom is -0.481 e. The smallest absolute Gasteiger partial charge is 0.150 e. The van der Waals surface area contributed by atoms with Crippen molar-refractivity contribution < 1.29 is 4.74 Å². The average molecular weight is 252 g/mol. The Morgan fingerprint density at radius 1 is 1.25 bits per heavy atom. The largest absolute Gasteiger partial charge is 0.481 e. The van der Waals surface area contributed by atoms with Crippen LogP contribution in [0.1, 0.15) is 11.0 Å². The van der Waals surface area contributed by atoms with Crippen molar-refractivity contribution in [2.45, 2.75) is 6.10 Å². The van der Waals surface area contributed by atoms with Gasteiger partial charge in [0.15, 0.2) is 6.10 Å². The third kappa shape index (κ3) is 1.77. The Kier molecular flexibility index (Phi) is 2.50. The molecule has 1 aliphatic rings. The third-order valence-electron chi connectivity index (χ3n) is 2.55. The maximum absolute atomic E-state index is 5.92. The van der Waals surface area contributed by atoms with Crippen LogP contribution in [0.15, 0.2) is 36.4 Å². The molecule has 0 saturated carbocycles. The quantitative estimate of drug-likeness (QED) is 0.829. The van der Waals surface area contributed by atoms with Crippen LogP contribution in [0.5, 0.6) is 5.75 Å². The highest BCUT2D eigenvalue weighted by Crippen LogP contribution is 2.36. The first kappa shape index (κ1) is 10.00. The van der Waals surface area contributed by atoms with Crippen LogP contribution >= 0.6 is 22.9 Å². The monoisotopic (exact) mass is 251 g/mol. The second-order valence-electron chi connectivity index (χ2n) is 3.63. The number of ether oxygens (including phenoxy) is 1. The number of benzene rings is 1. The van der Waals surface area contributed by atoms with E-state index >= 15 is 0 Å². The predicted molar refractivity (Wildman–Crippen MR) is 67.6 cm³/mol. The van der Waals surface area contributed by atoms with Gasteiger partial charge in [0.2, 0.25) is 0 Å². The van der Waals surface area contributed by atoms with Gasteiger partial charge in [0.05, 0.1) is 16.6 Å². The zero-order valence-electron chi connectivity index (χ0n) is 8.44. The summed E-state index contributed by atoms with van der Waals surface area (Å²) >= 11 is 7.49. The van der Waals surface area contributed by atoms with E-state index in [1.807, 2.05) is 36.4 Å². The standard InChI is InChI=1S/C12H10ClNOS/c13-12-6-5-11(16-12)10-7-14-8-3-1-2-4-9(8)15-10/h1-6,10,14H,7H2. The van der Waals surface area contributed by atoms with Crippen molar-refractivity contribution in [3.05, 3.63) is 45.6 Å². The summed E-state index contributed by atoms with van der Waals surface area (Å²) in [7, 11) is 0. The van der Waals surface area contributed by atoms with Crippen LogP contribution in [0.25, 0.3) is 0 Å². The second kappa shape index (κ2) is 4.00. The first-order valence-corrected chi connectivity index (χ1v) is 6.27. The summed E-state index contributed by atoms with van der Waals surface area (Å²) in [5, 5.41) is 3.36. The first-order chi connectivity index (χ1) is 7.83. The molecule has 0 spiro atoms. The fraction of sp³-hybridized carbons (Fsp3) is 0.167. The van der Waals surface area contributed by atoms with Crippen LogP contribution in [0.4, 0.5) is 5.69 Å². The summed E-state index contributed by atoms with van der Waals surface area (Å²) in [6.07, 6.45) is 0.0624. The zero-order valence-corrected chi connectivity index (χ0v) is 10.0. The van der Waals surface area contributed by atoms with E-state index in [2.05, 4.69) is 5.32 Å². The number of anilines is 1. The van der Waals surface area contributed by atoms with Crippen molar-refractivity contribution in [1.29, 1.82) is 0 Å². The number of para-hydroxylation sites is 2. The van der Waals surface area contributed by atoms with E-state index in [4.69, 9.17) is 16.3 Å². The van der Waals surface area contributed by atoms with Gasteiger partial charge >= 0.3 is 0 Å². The molecule has 1 aromatic carbocycles. The first-order valence-electron chi connectivity index (χ1n) is 5.08. The van der Waals surface area contributed by atoms with Crippen LogP contribution in [-0.2, 0) is 0 Å². The highest BCUT2D eigenvalue weighted by atomic mass is 35.5. The highest BCUT2D eigenvalue weighted by Gasteiger charge is 2.21. The van der Waals surface area contributed by atoms with Crippen molar-refractivity contribution in [2.24, 2.45) is 0 Å². The summed E-state index contributed by atoms with van der Waals surface area (Å²) in [6, 6.07) is 11.9. The van der Waals surface area contributed by atoms with Gasteiger partial charge in [-0.15, -0.1) is 11.3 Å². The van der Waals surface area contributed by atoms with Crippen molar-refractivity contribution in [3.8, 4) is 5.75 Å². The summed E-state index contributed by atoms with van der Waals surface area (Å²) in [6.45, 7) is 0.786. The Labute approximate surface area is 103 Å². The van der Waals surface area contributed by atoms with Gasteiger partial charge in [0.1, 0.15) is 5.75 Å². The van der Waals surface area contributed by atoms with E-state index in [1.54, 1.807) is 11.3 Å². The van der Waals surface area contributed by atoms with Gasteiger partial charge in [-0.2, -0.15) is 0 Å². The van der Waals surface area contributed by atoms with Crippen LogP contribution in [0.2, 0.25) is 4.34 Å². The number of hydrogen-bond acceptors (Lipinski definition) is 3. The SMILES string of the molecule is Clc1ccc(C2CNc3ccccc3O2)s1. The molecule has 0 amide bonds. The normalized spacial score (nSPS) is 18.4. The Morgan fingerprint density at radius 2 is 2.12 bits per heavy atom. The number of fused-ring (bicyclic) bond motifs is 1. The Morgan fingerprint density at radius 3 is 2.94 bits per heavy atom. The maximum Gasteiger partial charge on any atom is 0.150 e. The summed E-state index contributed by atoms with van der Waals surface area (Å²) in [5.74, 6) is 0.906. The maximum atomic E-state index is 5.92. The van der Waals surface area contributed by atoms with Gasteiger partial charge in [-0.3, -0.25) is 0 Å². The lowest BCUT2D eigenvalue weighted by molar-refractivity contribution is 0.214. The van der Waals surface area contributed by atoms with Gasteiger partial charge in [-0.05, 0) is 24.3 Å². The molecule has 1 aromatic heterocycles. The lowest BCUT2D eigenvalue weighted by atomic mass is 10.2. The lowest BCUT2D eigenvalue weighted by Crippen LogP contribution is -2.22. The molecular formula is C12H10ClNOS. The summed E-state index contributed by atoms with van der Waals surface area (Å²) in [4.78, 5) is 1.16. The van der Waals surface area contributed by atoms with Crippen molar-refractivity contribution in [1.82, 2.24) is 0 Å². The molecule has 0 saturated heterocycles. The van der Waals surface area contributed by atoms with Gasteiger partial charge in [-0.25, -0.2) is 0 Å². The molecule has 2 aromatic rings. The van der Waals surface area contributed by atoms with Crippen LogP contribution in [0.3, 0.4) is 0 Å². The van der Waals surface area contributed by atoms with Gasteiger partial charge in [-0.1, -0.05) is 23.7 Å². The van der Waals surface area contributed by atoms with Crippen molar-refractivity contribution >= 4 is 28.6 Å². The number of halogens is 1. The van der Waals surface area contributed by atoms with E-state index < -0.39 is 0 Å². The Hall–Kier alpha value is -1.19. The molecule has 0 fully saturated rings. The summed E-state index contributed by atoms with van der Waals surface area (Å²) < 4.78 is 6.72. The van der Waals surface area contributed by atoms with Crippen molar-refractivity contribution in [2.75, 3.05) is 11.9 Å². The van der Waals surface area contributed by atoms with E-state index in [1.165, 1.54) is 0 Å². The molecule has 0 bridgehead atoms. The number of thiophene rings is 1. The topological polar surface area (TPSA) is 21.3 Å². The molecule has 1 atom stereocenters. The minimum absolute atomic E-state index is 0.0624. The lowest BCUT2D eigenvalue weighted by Gasteiger charge is -2.26. The fourth-order valence-electron chi connectivity index (χ4n) is 1.77. The van der Waals surface area contributed by atoms with Crippen LogP contribution < -0.4 is 10.1 Å². The Bertz CT molecular complexity index is 511.